The van der Waals surface area contributed by atoms with Gasteiger partial charge in [-0.25, -0.2) is 13.1 Å². The largest absolute Gasteiger partial charge is 0.392 e. The Hall–Kier alpha value is -0.920. The summed E-state index contributed by atoms with van der Waals surface area (Å²) in [5, 5.41) is 11.4. The lowest BCUT2D eigenvalue weighted by molar-refractivity contribution is 0.281. The van der Waals surface area contributed by atoms with Gasteiger partial charge in [0.1, 0.15) is 0 Å². The summed E-state index contributed by atoms with van der Waals surface area (Å²) < 4.78 is 26.8. The maximum atomic E-state index is 12.1. The van der Waals surface area contributed by atoms with Gasteiger partial charge in [-0.3, -0.25) is 0 Å². The summed E-state index contributed by atoms with van der Waals surface area (Å²) >= 11 is 7.44. The number of halogens is 1. The summed E-state index contributed by atoms with van der Waals surface area (Å²) in [6.45, 7) is 0.0390. The van der Waals surface area contributed by atoms with E-state index < -0.39 is 10.0 Å². The van der Waals surface area contributed by atoms with Crippen molar-refractivity contribution >= 4 is 33.0 Å². The Balaban J connectivity index is 2.06. The van der Waals surface area contributed by atoms with Crippen LogP contribution in [0, 0.1) is 0 Å². The fraction of sp³-hybridized carbons (Fsp3) is 0.231. The van der Waals surface area contributed by atoms with Crippen LogP contribution in [0.15, 0.2) is 40.6 Å². The summed E-state index contributed by atoms with van der Waals surface area (Å²) in [5.74, 6) is 0. The smallest absolute Gasteiger partial charge is 0.240 e. The molecule has 0 atom stereocenters. The van der Waals surface area contributed by atoms with Gasteiger partial charge in [0.25, 0.3) is 0 Å². The molecule has 4 nitrogen and oxygen atoms in total. The van der Waals surface area contributed by atoms with Gasteiger partial charge in [-0.2, -0.15) is 0 Å². The number of aliphatic hydroxyl groups is 1. The van der Waals surface area contributed by atoms with Crippen molar-refractivity contribution in [2.24, 2.45) is 0 Å². The molecule has 2 aromatic rings. The molecule has 7 heteroatoms. The second-order valence-electron chi connectivity index (χ2n) is 4.14. The fourth-order valence-electron chi connectivity index (χ4n) is 1.69. The molecule has 0 aliphatic rings. The normalized spacial score (nSPS) is 11.7. The molecule has 0 unspecified atom stereocenters. The number of hydrogen-bond acceptors (Lipinski definition) is 4. The topological polar surface area (TPSA) is 66.4 Å². The summed E-state index contributed by atoms with van der Waals surface area (Å²) in [6.07, 6.45) is 0.650. The van der Waals surface area contributed by atoms with E-state index >= 15 is 0 Å². The van der Waals surface area contributed by atoms with E-state index in [4.69, 9.17) is 16.7 Å². The van der Waals surface area contributed by atoms with Gasteiger partial charge in [-0.1, -0.05) is 17.7 Å². The van der Waals surface area contributed by atoms with Crippen molar-refractivity contribution < 1.29 is 13.5 Å². The highest BCUT2D eigenvalue weighted by Gasteiger charge is 2.15. The van der Waals surface area contributed by atoms with Crippen molar-refractivity contribution in [3.63, 3.8) is 0 Å². The van der Waals surface area contributed by atoms with Crippen LogP contribution in [0.3, 0.4) is 0 Å². The first-order valence-corrected chi connectivity index (χ1v) is 8.68. The van der Waals surface area contributed by atoms with Crippen LogP contribution < -0.4 is 4.72 Å². The number of hydrogen-bond donors (Lipinski definition) is 2. The van der Waals surface area contributed by atoms with E-state index in [-0.39, 0.29) is 11.5 Å². The van der Waals surface area contributed by atoms with Gasteiger partial charge in [0.15, 0.2) is 0 Å². The molecule has 1 aromatic heterocycles. The molecule has 20 heavy (non-hydrogen) atoms. The van der Waals surface area contributed by atoms with E-state index in [1.165, 1.54) is 18.2 Å². The number of benzene rings is 1. The van der Waals surface area contributed by atoms with Crippen molar-refractivity contribution in [1.29, 1.82) is 0 Å². The Morgan fingerprint density at radius 2 is 2.10 bits per heavy atom. The molecule has 2 rings (SSSR count). The van der Waals surface area contributed by atoms with E-state index in [1.807, 2.05) is 17.5 Å². The Bertz CT molecular complexity index is 669. The molecule has 108 valence electrons. The van der Waals surface area contributed by atoms with Gasteiger partial charge in [0.2, 0.25) is 10.0 Å². The highest BCUT2D eigenvalue weighted by molar-refractivity contribution is 7.89. The molecule has 0 amide bonds. The lowest BCUT2D eigenvalue weighted by atomic mass is 10.2. The molecule has 0 radical (unpaired) electrons. The summed E-state index contributed by atoms with van der Waals surface area (Å²) in [7, 11) is -3.58. The Morgan fingerprint density at radius 1 is 1.30 bits per heavy atom. The van der Waals surface area contributed by atoms with E-state index in [0.29, 0.717) is 23.6 Å². The van der Waals surface area contributed by atoms with Crippen LogP contribution in [0.2, 0.25) is 5.02 Å². The molecule has 0 fully saturated rings. The third kappa shape index (κ3) is 3.80. The monoisotopic (exact) mass is 331 g/mol. The highest BCUT2D eigenvalue weighted by atomic mass is 35.5. The van der Waals surface area contributed by atoms with Crippen molar-refractivity contribution in [3.8, 4) is 0 Å². The standard InChI is InChI=1S/C13H14ClNO3S2/c14-13-4-3-12(8-10(13)9-16)20(17,18)15-6-5-11-2-1-7-19-11/h1-4,7-8,15-16H,5-6,9H2. The fourth-order valence-corrected chi connectivity index (χ4v) is 3.65. The van der Waals surface area contributed by atoms with Crippen LogP contribution in [-0.2, 0) is 23.1 Å². The zero-order chi connectivity index (χ0) is 14.6. The molecule has 0 bridgehead atoms. The second-order valence-corrected chi connectivity index (χ2v) is 7.34. The molecule has 0 spiro atoms. The molecular weight excluding hydrogens is 318 g/mol. The average molecular weight is 332 g/mol. The zero-order valence-corrected chi connectivity index (χ0v) is 12.9. The van der Waals surface area contributed by atoms with E-state index in [9.17, 15) is 8.42 Å². The van der Waals surface area contributed by atoms with E-state index in [0.717, 1.165) is 4.88 Å². The maximum Gasteiger partial charge on any atom is 0.240 e. The first-order valence-electron chi connectivity index (χ1n) is 5.94. The lowest BCUT2D eigenvalue weighted by Gasteiger charge is -2.08. The van der Waals surface area contributed by atoms with E-state index in [2.05, 4.69) is 4.72 Å². The van der Waals surface area contributed by atoms with Crippen LogP contribution in [0.25, 0.3) is 0 Å². The number of sulfonamides is 1. The number of thiophene rings is 1. The summed E-state index contributed by atoms with van der Waals surface area (Å²) in [6, 6.07) is 8.18. The molecule has 1 aromatic carbocycles. The van der Waals surface area contributed by atoms with Crippen molar-refractivity contribution in [2.75, 3.05) is 6.54 Å². The van der Waals surface area contributed by atoms with Gasteiger partial charge < -0.3 is 5.11 Å². The second kappa shape index (κ2) is 6.69. The molecule has 2 N–H and O–H groups in total. The van der Waals surface area contributed by atoms with E-state index in [1.54, 1.807) is 11.3 Å². The van der Waals surface area contributed by atoms with Crippen LogP contribution in [0.1, 0.15) is 10.4 Å². The maximum absolute atomic E-state index is 12.1. The molecular formula is C13H14ClNO3S2. The third-order valence-electron chi connectivity index (χ3n) is 2.74. The Kier molecular flexibility index (Phi) is 5.17. The van der Waals surface area contributed by atoms with Crippen LogP contribution in [-0.4, -0.2) is 20.1 Å². The van der Waals surface area contributed by atoms with Crippen LogP contribution in [0.5, 0.6) is 0 Å². The van der Waals surface area contributed by atoms with Gasteiger partial charge in [0, 0.05) is 16.4 Å². The van der Waals surface area contributed by atoms with Gasteiger partial charge in [-0.15, -0.1) is 11.3 Å². The average Bonchev–Trinajstić information content (AvgIpc) is 2.92. The predicted molar refractivity (Wildman–Crippen MR) is 80.6 cm³/mol. The number of nitrogens with one attached hydrogen (secondary N) is 1. The zero-order valence-electron chi connectivity index (χ0n) is 10.5. The first kappa shape index (κ1) is 15.5. The molecule has 0 aliphatic heterocycles. The SMILES string of the molecule is O=S(=O)(NCCc1cccs1)c1ccc(Cl)c(CO)c1. The molecule has 0 aliphatic carbocycles. The van der Waals surface area contributed by atoms with Crippen molar-refractivity contribution in [2.45, 2.75) is 17.9 Å². The number of rotatable bonds is 6. The van der Waals surface area contributed by atoms with Gasteiger partial charge in [0.05, 0.1) is 11.5 Å². The minimum Gasteiger partial charge on any atom is -0.392 e. The molecule has 0 saturated heterocycles. The quantitative estimate of drug-likeness (QED) is 0.854. The molecule has 0 saturated carbocycles. The summed E-state index contributed by atoms with van der Waals surface area (Å²) in [5.41, 5.74) is 0.396. The Morgan fingerprint density at radius 3 is 2.75 bits per heavy atom. The lowest BCUT2D eigenvalue weighted by Crippen LogP contribution is -2.26. The van der Waals surface area contributed by atoms with Crippen molar-refractivity contribution in [1.82, 2.24) is 4.72 Å². The minimum absolute atomic E-state index is 0.108. The van der Waals surface area contributed by atoms with Gasteiger partial charge in [-0.05, 0) is 41.6 Å². The Labute approximate surface area is 127 Å². The predicted octanol–water partition coefficient (Wildman–Crippen LogP) is 2.41. The van der Waals surface area contributed by atoms with Crippen LogP contribution >= 0.6 is 22.9 Å². The minimum atomic E-state index is -3.58. The van der Waals surface area contributed by atoms with Crippen molar-refractivity contribution in [3.05, 3.63) is 51.2 Å². The van der Waals surface area contributed by atoms with Gasteiger partial charge >= 0.3 is 0 Å². The molecule has 1 heterocycles. The van der Waals surface area contributed by atoms with Crippen LogP contribution in [0.4, 0.5) is 0 Å². The summed E-state index contributed by atoms with van der Waals surface area (Å²) in [4.78, 5) is 1.23. The highest BCUT2D eigenvalue weighted by Crippen LogP contribution is 2.20. The number of aliphatic hydroxyl groups excluding tert-OH is 1. The first-order chi connectivity index (χ1) is 9.53. The third-order valence-corrected chi connectivity index (χ3v) is 5.51.